The van der Waals surface area contributed by atoms with Crippen LogP contribution in [0.5, 0.6) is 0 Å². The zero-order chi connectivity index (χ0) is 27.6. The number of nitrogens with one attached hydrogen (secondary N) is 3. The first-order valence-electron chi connectivity index (χ1n) is 11.6. The molecule has 3 N–H and O–H groups in total. The van der Waals surface area contributed by atoms with Crippen LogP contribution < -0.4 is 20.3 Å². The minimum Gasteiger partial charge on any atom is -0.326 e. The van der Waals surface area contributed by atoms with E-state index in [0.717, 1.165) is 12.3 Å². The smallest absolute Gasteiger partial charge is 0.319 e. The molecular formula is C26H25ClF2N4O4S. The van der Waals surface area contributed by atoms with Gasteiger partial charge in [-0.05, 0) is 61.7 Å². The number of para-hydroxylation sites is 1. The number of aryl methyl sites for hydroxylation is 1. The third kappa shape index (κ3) is 6.22. The van der Waals surface area contributed by atoms with Gasteiger partial charge in [0.2, 0.25) is 15.9 Å². The molecule has 0 radical (unpaired) electrons. The molecular weight excluding hydrogens is 538 g/mol. The Morgan fingerprint density at radius 3 is 2.47 bits per heavy atom. The van der Waals surface area contributed by atoms with Crippen molar-refractivity contribution in [1.82, 2.24) is 5.32 Å². The Morgan fingerprint density at radius 2 is 1.76 bits per heavy atom. The average Bonchev–Trinajstić information content (AvgIpc) is 2.83. The first-order valence-corrected chi connectivity index (χ1v) is 13.9. The second-order valence-electron chi connectivity index (χ2n) is 8.95. The number of anilines is 3. The summed E-state index contributed by atoms with van der Waals surface area (Å²) >= 11 is 5.73. The van der Waals surface area contributed by atoms with E-state index in [-0.39, 0.29) is 22.0 Å². The lowest BCUT2D eigenvalue weighted by Crippen LogP contribution is -2.53. The minimum absolute atomic E-state index is 0.0915. The number of amides is 3. The monoisotopic (exact) mass is 562 g/mol. The molecule has 1 aliphatic rings. The third-order valence-electron chi connectivity index (χ3n) is 6.01. The maximum absolute atomic E-state index is 15.4. The van der Waals surface area contributed by atoms with Crippen LogP contribution in [0.2, 0.25) is 5.02 Å². The van der Waals surface area contributed by atoms with Crippen LogP contribution in [0.15, 0.2) is 54.6 Å². The van der Waals surface area contributed by atoms with Crippen molar-refractivity contribution in [1.29, 1.82) is 0 Å². The van der Waals surface area contributed by atoms with E-state index >= 15 is 4.39 Å². The van der Waals surface area contributed by atoms with E-state index in [1.54, 1.807) is 31.2 Å². The van der Waals surface area contributed by atoms with E-state index in [1.165, 1.54) is 29.2 Å². The summed E-state index contributed by atoms with van der Waals surface area (Å²) in [7, 11) is -3.60. The SMILES string of the molecule is Cc1cc(-c2ccccc2NS(C)(=O)=O)c(F)cc1N1CCC[C@@H](NC(=O)Nc2ccc(Cl)cc2F)C1=O. The molecule has 1 saturated heterocycles. The van der Waals surface area contributed by atoms with Crippen molar-refractivity contribution in [2.24, 2.45) is 0 Å². The van der Waals surface area contributed by atoms with Crippen molar-refractivity contribution in [3.63, 3.8) is 0 Å². The third-order valence-corrected chi connectivity index (χ3v) is 6.84. The fourth-order valence-electron chi connectivity index (χ4n) is 4.33. The quantitative estimate of drug-likeness (QED) is 0.380. The van der Waals surface area contributed by atoms with Crippen LogP contribution in [0.3, 0.4) is 0 Å². The molecule has 1 aliphatic heterocycles. The predicted molar refractivity (Wildman–Crippen MR) is 144 cm³/mol. The Hall–Kier alpha value is -3.70. The van der Waals surface area contributed by atoms with Crippen molar-refractivity contribution in [3.05, 3.63) is 76.8 Å². The molecule has 1 heterocycles. The second kappa shape index (κ2) is 11.0. The molecule has 38 heavy (non-hydrogen) atoms. The Bertz CT molecular complexity index is 1520. The molecule has 3 amide bonds. The average molecular weight is 563 g/mol. The molecule has 3 aromatic rings. The van der Waals surface area contributed by atoms with Crippen LogP contribution in [0.25, 0.3) is 11.1 Å². The molecule has 4 rings (SSSR count). The normalized spacial score (nSPS) is 15.8. The predicted octanol–water partition coefficient (Wildman–Crippen LogP) is 5.28. The maximum Gasteiger partial charge on any atom is 0.319 e. The number of nitrogens with zero attached hydrogens (tertiary/aromatic N) is 1. The van der Waals surface area contributed by atoms with Gasteiger partial charge >= 0.3 is 6.03 Å². The maximum atomic E-state index is 15.4. The minimum atomic E-state index is -3.60. The molecule has 3 aromatic carbocycles. The van der Waals surface area contributed by atoms with Crippen LogP contribution >= 0.6 is 11.6 Å². The van der Waals surface area contributed by atoms with E-state index in [1.807, 2.05) is 0 Å². The Kier molecular flexibility index (Phi) is 7.89. The molecule has 12 heteroatoms. The molecule has 0 unspecified atom stereocenters. The summed E-state index contributed by atoms with van der Waals surface area (Å²) < 4.78 is 55.3. The van der Waals surface area contributed by atoms with Gasteiger partial charge in [-0.15, -0.1) is 0 Å². The molecule has 0 bridgehead atoms. The van der Waals surface area contributed by atoms with Gasteiger partial charge in [-0.3, -0.25) is 9.52 Å². The van der Waals surface area contributed by atoms with E-state index in [9.17, 15) is 22.4 Å². The number of carbonyl (C=O) groups is 2. The topological polar surface area (TPSA) is 108 Å². The van der Waals surface area contributed by atoms with Gasteiger partial charge in [0, 0.05) is 28.4 Å². The van der Waals surface area contributed by atoms with E-state index < -0.39 is 39.6 Å². The fraction of sp³-hybridized carbons (Fsp3) is 0.231. The number of piperidine rings is 1. The van der Waals surface area contributed by atoms with Gasteiger partial charge < -0.3 is 15.5 Å². The highest BCUT2D eigenvalue weighted by Gasteiger charge is 2.32. The largest absolute Gasteiger partial charge is 0.326 e. The summed E-state index contributed by atoms with van der Waals surface area (Å²) in [5.74, 6) is -1.80. The highest BCUT2D eigenvalue weighted by Crippen LogP contribution is 2.35. The summed E-state index contributed by atoms with van der Waals surface area (Å²) in [6.07, 6.45) is 1.90. The van der Waals surface area contributed by atoms with E-state index in [4.69, 9.17) is 11.6 Å². The number of carbonyl (C=O) groups excluding carboxylic acids is 2. The highest BCUT2D eigenvalue weighted by atomic mass is 35.5. The van der Waals surface area contributed by atoms with Gasteiger partial charge in [-0.1, -0.05) is 29.8 Å². The number of hydrogen-bond donors (Lipinski definition) is 3. The summed E-state index contributed by atoms with van der Waals surface area (Å²) in [6.45, 7) is 2.03. The van der Waals surface area contributed by atoms with Gasteiger partial charge in [0.15, 0.2) is 0 Å². The number of rotatable bonds is 6. The first-order chi connectivity index (χ1) is 17.9. The van der Waals surface area contributed by atoms with Crippen LogP contribution in [-0.2, 0) is 14.8 Å². The van der Waals surface area contributed by atoms with Crippen molar-refractivity contribution >= 4 is 50.6 Å². The summed E-state index contributed by atoms with van der Waals surface area (Å²) in [5, 5.41) is 5.10. The van der Waals surface area contributed by atoms with Gasteiger partial charge in [0.25, 0.3) is 0 Å². The number of urea groups is 1. The highest BCUT2D eigenvalue weighted by molar-refractivity contribution is 7.92. The van der Waals surface area contributed by atoms with Gasteiger partial charge in [0.1, 0.15) is 17.7 Å². The molecule has 0 spiro atoms. The van der Waals surface area contributed by atoms with Crippen LogP contribution in [0.4, 0.5) is 30.6 Å². The number of halogens is 3. The standard InChI is InChI=1S/C26H25ClF2N4O4S/c1-15-12-18(17-6-3-4-7-21(17)32-38(2,36)37)19(28)14-24(15)33-11-5-8-23(25(33)34)31-26(35)30-22-10-9-16(27)13-20(22)29/h3-4,6-7,9-10,12-14,23,32H,5,8,11H2,1-2H3,(H2,30,31,35)/t23-/m1/s1. The summed E-state index contributed by atoms with van der Waals surface area (Å²) in [4.78, 5) is 27.1. The zero-order valence-electron chi connectivity index (χ0n) is 20.5. The number of sulfonamides is 1. The molecule has 8 nitrogen and oxygen atoms in total. The number of benzene rings is 3. The first kappa shape index (κ1) is 27.3. The molecule has 0 saturated carbocycles. The van der Waals surface area contributed by atoms with Gasteiger partial charge in [-0.2, -0.15) is 0 Å². The zero-order valence-corrected chi connectivity index (χ0v) is 22.1. The van der Waals surface area contributed by atoms with Gasteiger partial charge in [0.05, 0.1) is 17.6 Å². The second-order valence-corrected chi connectivity index (χ2v) is 11.1. The Labute approximate surface area is 224 Å². The Balaban J connectivity index is 1.55. The van der Waals surface area contributed by atoms with Gasteiger partial charge in [-0.25, -0.2) is 22.0 Å². The molecule has 0 aromatic heterocycles. The molecule has 1 fully saturated rings. The summed E-state index contributed by atoms with van der Waals surface area (Å²) in [5.41, 5.74) is 1.56. The van der Waals surface area contributed by atoms with E-state index in [2.05, 4.69) is 15.4 Å². The lowest BCUT2D eigenvalue weighted by atomic mass is 9.98. The van der Waals surface area contributed by atoms with Crippen LogP contribution in [0, 0.1) is 18.6 Å². The van der Waals surface area contributed by atoms with Crippen molar-refractivity contribution in [2.45, 2.75) is 25.8 Å². The van der Waals surface area contributed by atoms with Crippen molar-refractivity contribution < 1.29 is 26.8 Å². The molecule has 1 atom stereocenters. The van der Waals surface area contributed by atoms with Crippen LogP contribution in [0.1, 0.15) is 18.4 Å². The van der Waals surface area contributed by atoms with E-state index in [0.29, 0.717) is 36.2 Å². The lowest BCUT2D eigenvalue weighted by molar-refractivity contribution is -0.121. The number of hydrogen-bond acceptors (Lipinski definition) is 4. The molecule has 0 aliphatic carbocycles. The Morgan fingerprint density at radius 1 is 1.03 bits per heavy atom. The fourth-order valence-corrected chi connectivity index (χ4v) is 5.07. The van der Waals surface area contributed by atoms with Crippen molar-refractivity contribution in [2.75, 3.05) is 27.7 Å². The lowest BCUT2D eigenvalue weighted by Gasteiger charge is -2.33. The summed E-state index contributed by atoms with van der Waals surface area (Å²) in [6, 6.07) is 11.3. The molecule has 200 valence electrons. The van der Waals surface area contributed by atoms with Crippen LogP contribution in [-0.4, -0.2) is 39.2 Å². The van der Waals surface area contributed by atoms with Crippen molar-refractivity contribution in [3.8, 4) is 11.1 Å².